The molecular formula is C13H17N3O. The van der Waals surface area contributed by atoms with Gasteiger partial charge in [-0.25, -0.2) is 4.98 Å². The molecule has 0 unspecified atom stereocenters. The van der Waals surface area contributed by atoms with Crippen LogP contribution in [0.5, 0.6) is 0 Å². The van der Waals surface area contributed by atoms with Gasteiger partial charge in [0.1, 0.15) is 5.82 Å². The van der Waals surface area contributed by atoms with Crippen LogP contribution in [0.4, 0.5) is 5.69 Å². The lowest BCUT2D eigenvalue weighted by Gasteiger charge is -2.36. The number of aromatic nitrogens is 2. The van der Waals surface area contributed by atoms with Crippen LogP contribution in [-0.4, -0.2) is 22.8 Å². The van der Waals surface area contributed by atoms with Gasteiger partial charge in [-0.05, 0) is 38.0 Å². The quantitative estimate of drug-likeness (QED) is 0.807. The minimum atomic E-state index is 0.408. The third kappa shape index (κ3) is 1.60. The van der Waals surface area contributed by atoms with Crippen molar-refractivity contribution in [2.45, 2.75) is 31.9 Å². The Labute approximate surface area is 100 Å². The number of benzene rings is 1. The van der Waals surface area contributed by atoms with Gasteiger partial charge in [-0.1, -0.05) is 0 Å². The van der Waals surface area contributed by atoms with Crippen LogP contribution in [-0.2, 0) is 4.74 Å². The first-order chi connectivity index (χ1) is 8.19. The van der Waals surface area contributed by atoms with E-state index in [-0.39, 0.29) is 0 Å². The standard InChI is InChI=1S/C13H17N3O/c1-8-15-12-5-9(14)3-4-13(12)16(8)10-6-11(7-10)17-2/h3-5,10-11H,6-7,14H2,1-2H3. The lowest BCUT2D eigenvalue weighted by atomic mass is 9.89. The largest absolute Gasteiger partial charge is 0.399 e. The van der Waals surface area contributed by atoms with Crippen molar-refractivity contribution in [1.82, 2.24) is 9.55 Å². The molecule has 0 bridgehead atoms. The summed E-state index contributed by atoms with van der Waals surface area (Å²) >= 11 is 0. The van der Waals surface area contributed by atoms with Crippen LogP contribution in [0.1, 0.15) is 24.7 Å². The maximum atomic E-state index is 5.78. The molecule has 1 saturated carbocycles. The summed E-state index contributed by atoms with van der Waals surface area (Å²) in [7, 11) is 1.78. The number of nitrogens with two attached hydrogens (primary N) is 1. The van der Waals surface area contributed by atoms with E-state index in [9.17, 15) is 0 Å². The fourth-order valence-electron chi connectivity index (χ4n) is 2.64. The number of fused-ring (bicyclic) bond motifs is 1. The van der Waals surface area contributed by atoms with E-state index in [0.29, 0.717) is 12.1 Å². The van der Waals surface area contributed by atoms with Gasteiger partial charge in [0.05, 0.1) is 17.1 Å². The summed E-state index contributed by atoms with van der Waals surface area (Å²) in [6, 6.07) is 6.45. The van der Waals surface area contributed by atoms with Gasteiger partial charge in [-0.3, -0.25) is 0 Å². The minimum absolute atomic E-state index is 0.408. The molecule has 1 heterocycles. The van der Waals surface area contributed by atoms with E-state index in [0.717, 1.165) is 29.9 Å². The molecule has 1 aromatic heterocycles. The molecule has 0 saturated heterocycles. The number of hydrogen-bond acceptors (Lipinski definition) is 3. The Hall–Kier alpha value is -1.55. The zero-order valence-corrected chi connectivity index (χ0v) is 10.2. The number of methoxy groups -OCH3 is 1. The summed E-state index contributed by atoms with van der Waals surface area (Å²) in [5, 5.41) is 0. The van der Waals surface area contributed by atoms with Gasteiger partial charge in [0.2, 0.25) is 0 Å². The molecule has 1 fully saturated rings. The van der Waals surface area contributed by atoms with Gasteiger partial charge >= 0.3 is 0 Å². The number of imidazole rings is 1. The predicted molar refractivity (Wildman–Crippen MR) is 68.0 cm³/mol. The molecule has 90 valence electrons. The van der Waals surface area contributed by atoms with Crippen molar-refractivity contribution in [3.63, 3.8) is 0 Å². The first kappa shape index (κ1) is 10.6. The molecule has 0 spiro atoms. The molecule has 0 aliphatic heterocycles. The second kappa shape index (κ2) is 3.74. The summed E-state index contributed by atoms with van der Waals surface area (Å²) in [6.45, 7) is 2.05. The molecule has 1 aliphatic carbocycles. The van der Waals surface area contributed by atoms with Gasteiger partial charge in [-0.2, -0.15) is 0 Å². The molecule has 17 heavy (non-hydrogen) atoms. The topological polar surface area (TPSA) is 53.1 Å². The smallest absolute Gasteiger partial charge is 0.106 e. The van der Waals surface area contributed by atoms with Gasteiger partial charge in [-0.15, -0.1) is 0 Å². The molecule has 3 rings (SSSR count). The maximum absolute atomic E-state index is 5.78. The molecular weight excluding hydrogens is 214 g/mol. The zero-order valence-electron chi connectivity index (χ0n) is 10.2. The number of rotatable bonds is 2. The normalized spacial score (nSPS) is 23.9. The van der Waals surface area contributed by atoms with Crippen molar-refractivity contribution in [2.24, 2.45) is 0 Å². The van der Waals surface area contributed by atoms with E-state index in [1.165, 1.54) is 5.52 Å². The average Bonchev–Trinajstić information content (AvgIpc) is 2.53. The van der Waals surface area contributed by atoms with Crippen molar-refractivity contribution < 1.29 is 4.74 Å². The van der Waals surface area contributed by atoms with E-state index in [1.54, 1.807) is 7.11 Å². The first-order valence-electron chi connectivity index (χ1n) is 5.96. The van der Waals surface area contributed by atoms with Gasteiger partial charge < -0.3 is 15.0 Å². The zero-order chi connectivity index (χ0) is 12.0. The molecule has 2 aromatic rings. The molecule has 4 heteroatoms. The van der Waals surface area contributed by atoms with Crippen molar-refractivity contribution in [1.29, 1.82) is 0 Å². The molecule has 4 nitrogen and oxygen atoms in total. The highest BCUT2D eigenvalue weighted by atomic mass is 16.5. The number of nitrogen functional groups attached to an aromatic ring is 1. The van der Waals surface area contributed by atoms with Crippen molar-refractivity contribution in [3.8, 4) is 0 Å². The number of aryl methyl sites for hydroxylation is 1. The Morgan fingerprint density at radius 2 is 2.18 bits per heavy atom. The third-order valence-electron chi connectivity index (χ3n) is 3.66. The van der Waals surface area contributed by atoms with Crippen LogP contribution in [0.2, 0.25) is 0 Å². The van der Waals surface area contributed by atoms with E-state index >= 15 is 0 Å². The lowest BCUT2D eigenvalue weighted by Crippen LogP contribution is -2.32. The first-order valence-corrected chi connectivity index (χ1v) is 5.96. The second-order valence-electron chi connectivity index (χ2n) is 4.76. The number of ether oxygens (including phenoxy) is 1. The molecule has 0 radical (unpaired) electrons. The Kier molecular flexibility index (Phi) is 2.33. The van der Waals surface area contributed by atoms with Gasteiger partial charge in [0, 0.05) is 18.8 Å². The van der Waals surface area contributed by atoms with Crippen LogP contribution >= 0.6 is 0 Å². The molecule has 0 atom stereocenters. The second-order valence-corrected chi connectivity index (χ2v) is 4.76. The van der Waals surface area contributed by atoms with Gasteiger partial charge in [0.15, 0.2) is 0 Å². The molecule has 0 amide bonds. The van der Waals surface area contributed by atoms with Crippen LogP contribution in [0.3, 0.4) is 0 Å². The fraction of sp³-hybridized carbons (Fsp3) is 0.462. The number of anilines is 1. The van der Waals surface area contributed by atoms with E-state index in [1.807, 2.05) is 12.1 Å². The van der Waals surface area contributed by atoms with Gasteiger partial charge in [0.25, 0.3) is 0 Å². The summed E-state index contributed by atoms with van der Waals surface area (Å²) in [4.78, 5) is 4.57. The van der Waals surface area contributed by atoms with Crippen LogP contribution in [0.25, 0.3) is 11.0 Å². The maximum Gasteiger partial charge on any atom is 0.106 e. The van der Waals surface area contributed by atoms with Crippen LogP contribution in [0.15, 0.2) is 18.2 Å². The van der Waals surface area contributed by atoms with Crippen molar-refractivity contribution >= 4 is 16.7 Å². The molecule has 2 N–H and O–H groups in total. The third-order valence-corrected chi connectivity index (χ3v) is 3.66. The molecule has 1 aliphatic rings. The Morgan fingerprint density at radius 3 is 2.88 bits per heavy atom. The Bertz CT molecular complexity index is 555. The predicted octanol–water partition coefficient (Wildman–Crippen LogP) is 2.28. The van der Waals surface area contributed by atoms with Crippen LogP contribution in [0, 0.1) is 6.92 Å². The molecule has 1 aromatic carbocycles. The Morgan fingerprint density at radius 1 is 1.41 bits per heavy atom. The fourth-order valence-corrected chi connectivity index (χ4v) is 2.64. The van der Waals surface area contributed by atoms with Crippen molar-refractivity contribution in [2.75, 3.05) is 12.8 Å². The van der Waals surface area contributed by atoms with E-state index in [2.05, 4.69) is 22.5 Å². The highest BCUT2D eigenvalue weighted by Crippen LogP contribution is 2.37. The lowest BCUT2D eigenvalue weighted by molar-refractivity contribution is 0.00681. The highest BCUT2D eigenvalue weighted by molar-refractivity contribution is 5.79. The van der Waals surface area contributed by atoms with E-state index in [4.69, 9.17) is 10.5 Å². The SMILES string of the molecule is COC1CC(n2c(C)nc3cc(N)ccc32)C1. The summed E-state index contributed by atoms with van der Waals surface area (Å²) in [5.74, 6) is 1.06. The number of hydrogen-bond donors (Lipinski definition) is 1. The Balaban J connectivity index is 2.02. The summed E-state index contributed by atoms with van der Waals surface area (Å²) in [6.07, 6.45) is 2.56. The summed E-state index contributed by atoms with van der Waals surface area (Å²) < 4.78 is 7.64. The van der Waals surface area contributed by atoms with Crippen LogP contribution < -0.4 is 5.73 Å². The number of nitrogens with zero attached hydrogens (tertiary/aromatic N) is 2. The summed E-state index contributed by atoms with van der Waals surface area (Å²) in [5.41, 5.74) is 8.72. The minimum Gasteiger partial charge on any atom is -0.399 e. The highest BCUT2D eigenvalue weighted by Gasteiger charge is 2.32. The van der Waals surface area contributed by atoms with Crippen molar-refractivity contribution in [3.05, 3.63) is 24.0 Å². The van der Waals surface area contributed by atoms with E-state index < -0.39 is 0 Å². The monoisotopic (exact) mass is 231 g/mol. The average molecular weight is 231 g/mol.